The Morgan fingerprint density at radius 1 is 0.480 bits per heavy atom. The van der Waals surface area contributed by atoms with Crippen molar-refractivity contribution in [2.24, 2.45) is 0 Å². The zero-order chi connectivity index (χ0) is 33.0. The molecule has 0 amide bonds. The van der Waals surface area contributed by atoms with E-state index in [9.17, 15) is 0 Å². The first-order valence-corrected chi connectivity index (χ1v) is 19.5. The Hall–Kier alpha value is -5.13. The van der Waals surface area contributed by atoms with Gasteiger partial charge in [-0.05, 0) is 105 Å². The molecule has 1 nitrogen and oxygen atoms in total. The third kappa shape index (κ3) is 5.32. The van der Waals surface area contributed by atoms with Gasteiger partial charge >= 0.3 is 0 Å². The van der Waals surface area contributed by atoms with Crippen LogP contribution in [-0.2, 0) is 0 Å². The fraction of sp³-hybridized carbons (Fsp3) is 0.0435. The molecular weight excluding hydrogens is 663 g/mol. The van der Waals surface area contributed by atoms with Gasteiger partial charge in [0.05, 0.1) is 0 Å². The lowest BCUT2D eigenvalue weighted by Gasteiger charge is -2.26. The molecule has 0 saturated carbocycles. The number of hydrogen-bond acceptors (Lipinski definition) is 4. The molecule has 8 aromatic rings. The molecular formula is C46H31NS3. The third-order valence-corrected chi connectivity index (χ3v) is 13.5. The van der Waals surface area contributed by atoms with Crippen molar-refractivity contribution in [2.45, 2.75) is 16.1 Å². The van der Waals surface area contributed by atoms with Gasteiger partial charge in [0.15, 0.2) is 0 Å². The van der Waals surface area contributed by atoms with Gasteiger partial charge < -0.3 is 4.90 Å². The maximum absolute atomic E-state index is 2.47. The fourth-order valence-corrected chi connectivity index (χ4v) is 10.7. The molecule has 1 aliphatic heterocycles. The second-order valence-electron chi connectivity index (χ2n) is 12.9. The molecule has 2 unspecified atom stereocenters. The lowest BCUT2D eigenvalue weighted by molar-refractivity contribution is 0.884. The second kappa shape index (κ2) is 12.3. The molecule has 2 aromatic heterocycles. The van der Waals surface area contributed by atoms with Gasteiger partial charge in [0.1, 0.15) is 0 Å². The van der Waals surface area contributed by atoms with Crippen LogP contribution in [-0.4, -0.2) is 5.25 Å². The standard InChI is InChI=1S/C46H31NS3/c1-4-10-41-34(7-1)28-45(48-41)31-15-22-37(23-16-31)47(38-24-17-32(18-25-38)46-29-35-8-2-5-11-42(35)49-46)36-20-13-30(14-21-36)33-19-26-44-40(27-33)39-9-3-6-12-43(39)50-44/h1-29,40,44H. The fourth-order valence-electron chi connectivity index (χ4n) is 7.29. The Balaban J connectivity index is 1.00. The molecule has 0 spiro atoms. The molecule has 50 heavy (non-hydrogen) atoms. The zero-order valence-electron chi connectivity index (χ0n) is 27.1. The van der Waals surface area contributed by atoms with E-state index in [4.69, 9.17) is 0 Å². The summed E-state index contributed by atoms with van der Waals surface area (Å²) in [6.07, 6.45) is 7.17. The highest BCUT2D eigenvalue weighted by atomic mass is 32.2. The monoisotopic (exact) mass is 693 g/mol. The van der Waals surface area contributed by atoms with E-state index in [1.807, 2.05) is 34.4 Å². The summed E-state index contributed by atoms with van der Waals surface area (Å²) in [6.45, 7) is 0. The van der Waals surface area contributed by atoms with E-state index in [0.717, 1.165) is 17.1 Å². The van der Waals surface area contributed by atoms with Crippen molar-refractivity contribution in [2.75, 3.05) is 4.90 Å². The number of allylic oxidation sites excluding steroid dienone is 3. The van der Waals surface area contributed by atoms with Crippen LogP contribution in [0, 0.1) is 0 Å². The largest absolute Gasteiger partial charge is 0.311 e. The van der Waals surface area contributed by atoms with Crippen LogP contribution in [0.5, 0.6) is 0 Å². The molecule has 6 aromatic carbocycles. The molecule has 0 bridgehead atoms. The first kappa shape index (κ1) is 29.8. The van der Waals surface area contributed by atoms with Gasteiger partial charge in [-0.2, -0.15) is 0 Å². The average Bonchev–Trinajstić information content (AvgIpc) is 3.91. The van der Waals surface area contributed by atoms with Crippen LogP contribution in [0.1, 0.15) is 17.0 Å². The van der Waals surface area contributed by atoms with Crippen molar-refractivity contribution in [3.8, 4) is 20.9 Å². The van der Waals surface area contributed by atoms with E-state index in [2.05, 4.69) is 181 Å². The smallest absolute Gasteiger partial charge is 0.0462 e. The highest BCUT2D eigenvalue weighted by Crippen LogP contribution is 2.50. The Bertz CT molecular complexity index is 2390. The number of thioether (sulfide) groups is 1. The molecule has 1 aliphatic carbocycles. The van der Waals surface area contributed by atoms with Crippen molar-refractivity contribution in [1.29, 1.82) is 0 Å². The normalized spacial score (nSPS) is 16.4. The van der Waals surface area contributed by atoms with Crippen LogP contribution in [0.2, 0.25) is 0 Å². The predicted molar refractivity (Wildman–Crippen MR) is 219 cm³/mol. The van der Waals surface area contributed by atoms with Crippen LogP contribution >= 0.6 is 34.4 Å². The Labute approximate surface area is 304 Å². The van der Waals surface area contributed by atoms with Gasteiger partial charge in [0, 0.05) is 52.3 Å². The number of thiophene rings is 2. The molecule has 238 valence electrons. The minimum Gasteiger partial charge on any atom is -0.311 e. The van der Waals surface area contributed by atoms with Gasteiger partial charge in [0.2, 0.25) is 0 Å². The van der Waals surface area contributed by atoms with E-state index in [1.165, 1.54) is 62.6 Å². The highest BCUT2D eigenvalue weighted by Gasteiger charge is 2.32. The summed E-state index contributed by atoms with van der Waals surface area (Å²) in [4.78, 5) is 6.37. The van der Waals surface area contributed by atoms with Crippen LogP contribution in [0.25, 0.3) is 46.6 Å². The summed E-state index contributed by atoms with van der Waals surface area (Å²) in [6, 6.07) is 57.9. The highest BCUT2D eigenvalue weighted by molar-refractivity contribution is 8.00. The Kier molecular flexibility index (Phi) is 7.34. The van der Waals surface area contributed by atoms with Gasteiger partial charge in [-0.1, -0.05) is 109 Å². The number of benzene rings is 6. The van der Waals surface area contributed by atoms with Gasteiger partial charge in [-0.25, -0.2) is 0 Å². The zero-order valence-corrected chi connectivity index (χ0v) is 29.5. The number of nitrogens with zero attached hydrogens (tertiary/aromatic N) is 1. The summed E-state index contributed by atoms with van der Waals surface area (Å²) < 4.78 is 2.64. The van der Waals surface area contributed by atoms with E-state index < -0.39 is 0 Å². The summed E-state index contributed by atoms with van der Waals surface area (Å²) >= 11 is 5.68. The first-order chi connectivity index (χ1) is 24.7. The summed E-state index contributed by atoms with van der Waals surface area (Å²) in [5, 5.41) is 3.08. The van der Waals surface area contributed by atoms with Crippen molar-refractivity contribution in [3.63, 3.8) is 0 Å². The van der Waals surface area contributed by atoms with Crippen LogP contribution in [0.4, 0.5) is 17.1 Å². The molecule has 3 heterocycles. The summed E-state index contributed by atoms with van der Waals surface area (Å²) in [5.41, 5.74) is 9.88. The van der Waals surface area contributed by atoms with Crippen molar-refractivity contribution in [1.82, 2.24) is 0 Å². The van der Waals surface area contributed by atoms with E-state index in [1.54, 1.807) is 0 Å². The van der Waals surface area contributed by atoms with Crippen LogP contribution < -0.4 is 4.90 Å². The minimum atomic E-state index is 0.422. The maximum atomic E-state index is 2.47. The number of anilines is 3. The van der Waals surface area contributed by atoms with Crippen molar-refractivity contribution in [3.05, 3.63) is 187 Å². The van der Waals surface area contributed by atoms with Gasteiger partial charge in [0.25, 0.3) is 0 Å². The molecule has 0 radical (unpaired) electrons. The molecule has 0 N–H and O–H groups in total. The van der Waals surface area contributed by atoms with Crippen LogP contribution in [0.3, 0.4) is 0 Å². The molecule has 2 aliphatic rings. The maximum Gasteiger partial charge on any atom is 0.0462 e. The minimum absolute atomic E-state index is 0.422. The molecule has 0 saturated heterocycles. The lowest BCUT2D eigenvalue weighted by atomic mass is 9.87. The SMILES string of the molecule is C1=CC2Sc3ccccc3C2C=C1c1ccc(N(c2ccc(-c3cc4ccccc4s3)cc2)c2ccc(-c3cc4ccccc4s3)cc2)cc1. The van der Waals surface area contributed by atoms with Crippen molar-refractivity contribution >= 4 is 77.2 Å². The van der Waals surface area contributed by atoms with E-state index in [-0.39, 0.29) is 0 Å². The molecule has 2 atom stereocenters. The lowest BCUT2D eigenvalue weighted by Crippen LogP contribution is -2.10. The molecule has 0 fully saturated rings. The van der Waals surface area contributed by atoms with Crippen LogP contribution in [0.15, 0.2) is 181 Å². The van der Waals surface area contributed by atoms with E-state index >= 15 is 0 Å². The number of hydrogen-bond donors (Lipinski definition) is 0. The van der Waals surface area contributed by atoms with Gasteiger partial charge in [-0.3, -0.25) is 0 Å². The predicted octanol–water partition coefficient (Wildman–Crippen LogP) is 14.1. The topological polar surface area (TPSA) is 3.24 Å². The average molecular weight is 694 g/mol. The molecule has 4 heteroatoms. The number of fused-ring (bicyclic) bond motifs is 5. The van der Waals surface area contributed by atoms with Crippen molar-refractivity contribution < 1.29 is 0 Å². The second-order valence-corrected chi connectivity index (χ2v) is 16.3. The third-order valence-electron chi connectivity index (χ3n) is 9.85. The first-order valence-electron chi connectivity index (χ1n) is 17.0. The quantitative estimate of drug-likeness (QED) is 0.171. The summed E-state index contributed by atoms with van der Waals surface area (Å²) in [7, 11) is 0. The Morgan fingerprint density at radius 3 is 1.54 bits per heavy atom. The van der Waals surface area contributed by atoms with Gasteiger partial charge in [-0.15, -0.1) is 34.4 Å². The Morgan fingerprint density at radius 2 is 0.980 bits per heavy atom. The van der Waals surface area contributed by atoms with E-state index in [0.29, 0.717) is 11.2 Å². The molecule has 10 rings (SSSR count). The number of rotatable bonds is 6. The summed E-state index contributed by atoms with van der Waals surface area (Å²) in [5.74, 6) is 0.422.